The van der Waals surface area contributed by atoms with Crippen molar-refractivity contribution in [2.24, 2.45) is 0 Å². The number of aliphatic hydroxyl groups is 7. The summed E-state index contributed by atoms with van der Waals surface area (Å²) in [5.74, 6) is -1.69. The molecule has 0 radical (unpaired) electrons. The number of aldehydes is 1. The second-order valence-electron chi connectivity index (χ2n) is 5.20. The molecule has 140 valence electrons. The van der Waals surface area contributed by atoms with Gasteiger partial charge in [-0.1, -0.05) is 0 Å². The zero-order valence-electron chi connectivity index (χ0n) is 12.2. The number of carboxylic acid groups (broad SMARTS) is 1. The van der Waals surface area contributed by atoms with E-state index in [4.69, 9.17) is 19.7 Å². The van der Waals surface area contributed by atoms with Crippen molar-refractivity contribution >= 4 is 12.3 Å². The molecule has 0 aromatic rings. The maximum atomic E-state index is 11.0. The van der Waals surface area contributed by atoms with Crippen LogP contribution in [0.4, 0.5) is 0 Å². The lowest BCUT2D eigenvalue weighted by atomic mass is 9.98. The quantitative estimate of drug-likeness (QED) is 0.191. The van der Waals surface area contributed by atoms with E-state index in [1.165, 1.54) is 0 Å². The number of carbonyl (C=O) groups is 2. The van der Waals surface area contributed by atoms with E-state index >= 15 is 0 Å². The highest BCUT2D eigenvalue weighted by molar-refractivity contribution is 5.73. The van der Waals surface area contributed by atoms with Crippen molar-refractivity contribution in [1.29, 1.82) is 0 Å². The molecule has 0 amide bonds. The first-order valence-corrected chi connectivity index (χ1v) is 6.84. The van der Waals surface area contributed by atoms with Crippen LogP contribution < -0.4 is 0 Å². The fourth-order valence-corrected chi connectivity index (χ4v) is 2.09. The van der Waals surface area contributed by atoms with Crippen LogP contribution in [0, 0.1) is 0 Å². The summed E-state index contributed by atoms with van der Waals surface area (Å²) in [6.45, 7) is -0.959. The van der Waals surface area contributed by atoms with E-state index < -0.39 is 67.7 Å². The molecule has 9 atom stereocenters. The van der Waals surface area contributed by atoms with E-state index in [9.17, 15) is 40.2 Å². The summed E-state index contributed by atoms with van der Waals surface area (Å²) in [5.41, 5.74) is 0. The number of aliphatic carboxylic acids is 1. The molecule has 1 aliphatic heterocycles. The molecule has 12 nitrogen and oxygen atoms in total. The zero-order chi connectivity index (χ0) is 18.6. The normalized spacial score (nSPS) is 35.7. The Bertz CT molecular complexity index is 430. The van der Waals surface area contributed by atoms with Crippen LogP contribution in [0.2, 0.25) is 0 Å². The predicted octanol–water partition coefficient (Wildman–Crippen LogP) is -5.46. The van der Waals surface area contributed by atoms with E-state index in [0.717, 1.165) is 0 Å². The van der Waals surface area contributed by atoms with Crippen molar-refractivity contribution in [2.75, 3.05) is 6.61 Å². The zero-order valence-corrected chi connectivity index (χ0v) is 12.2. The lowest BCUT2D eigenvalue weighted by molar-refractivity contribution is -0.318. The highest BCUT2D eigenvalue weighted by atomic mass is 16.7. The molecular formula is C12H20O12. The number of aliphatic hydroxyl groups excluding tert-OH is 7. The highest BCUT2D eigenvalue weighted by Gasteiger charge is 2.49. The SMILES string of the molecule is O=C[C@@H](O)[C@H](O[C@H]1O[C@H](C(=O)O)[C@@H](O)[C@H](O)[C@H]1O)[C@H](O)[C@@H](O)CO. The predicted molar refractivity (Wildman–Crippen MR) is 70.4 cm³/mol. The molecule has 1 saturated heterocycles. The van der Waals surface area contributed by atoms with Gasteiger partial charge in [-0.15, -0.1) is 0 Å². The molecule has 1 fully saturated rings. The maximum absolute atomic E-state index is 11.0. The van der Waals surface area contributed by atoms with Crippen LogP contribution in [-0.4, -0.2) is 115 Å². The number of carboxylic acids is 1. The van der Waals surface area contributed by atoms with Crippen molar-refractivity contribution in [3.05, 3.63) is 0 Å². The minimum Gasteiger partial charge on any atom is -0.479 e. The first-order valence-electron chi connectivity index (χ1n) is 6.84. The summed E-state index contributed by atoms with van der Waals surface area (Å²) in [6.07, 6.45) is -17.8. The van der Waals surface area contributed by atoms with Crippen molar-refractivity contribution < 1.29 is 59.9 Å². The van der Waals surface area contributed by atoms with Gasteiger partial charge in [0.2, 0.25) is 0 Å². The van der Waals surface area contributed by atoms with Gasteiger partial charge in [0, 0.05) is 0 Å². The minimum atomic E-state index is -2.04. The fraction of sp³-hybridized carbons (Fsp3) is 0.833. The van der Waals surface area contributed by atoms with Gasteiger partial charge in [0.15, 0.2) is 18.7 Å². The molecule has 8 N–H and O–H groups in total. The summed E-state index contributed by atoms with van der Waals surface area (Å²) in [5, 5.41) is 75.3. The Labute approximate surface area is 135 Å². The summed E-state index contributed by atoms with van der Waals surface area (Å²) < 4.78 is 9.70. The molecule has 1 heterocycles. The van der Waals surface area contributed by atoms with Crippen molar-refractivity contribution in [3.8, 4) is 0 Å². The van der Waals surface area contributed by atoms with Crippen LogP contribution in [-0.2, 0) is 19.1 Å². The van der Waals surface area contributed by atoms with Gasteiger partial charge in [0.05, 0.1) is 6.61 Å². The Balaban J connectivity index is 2.98. The third kappa shape index (κ3) is 4.44. The number of ether oxygens (including phenoxy) is 2. The largest absolute Gasteiger partial charge is 0.479 e. The van der Waals surface area contributed by atoms with Gasteiger partial charge in [-0.3, -0.25) is 0 Å². The molecule has 12 heteroatoms. The van der Waals surface area contributed by atoms with E-state index in [1.54, 1.807) is 0 Å². The second-order valence-corrected chi connectivity index (χ2v) is 5.20. The van der Waals surface area contributed by atoms with Crippen LogP contribution >= 0.6 is 0 Å². The first-order chi connectivity index (χ1) is 11.1. The Morgan fingerprint density at radius 2 is 1.71 bits per heavy atom. The van der Waals surface area contributed by atoms with Crippen molar-refractivity contribution in [2.45, 2.75) is 55.1 Å². The van der Waals surface area contributed by atoms with Crippen LogP contribution in [0.15, 0.2) is 0 Å². The molecule has 0 aromatic carbocycles. The fourth-order valence-electron chi connectivity index (χ4n) is 2.09. The lowest BCUT2D eigenvalue weighted by Gasteiger charge is -2.41. The Morgan fingerprint density at radius 3 is 2.17 bits per heavy atom. The van der Waals surface area contributed by atoms with Gasteiger partial charge in [-0.25, -0.2) is 4.79 Å². The third-order valence-electron chi connectivity index (χ3n) is 3.50. The van der Waals surface area contributed by atoms with Gasteiger partial charge in [-0.2, -0.15) is 0 Å². The maximum Gasteiger partial charge on any atom is 0.335 e. The van der Waals surface area contributed by atoms with Crippen molar-refractivity contribution in [3.63, 3.8) is 0 Å². The average Bonchev–Trinajstić information content (AvgIpc) is 2.56. The van der Waals surface area contributed by atoms with Crippen LogP contribution in [0.25, 0.3) is 0 Å². The number of hydrogen-bond acceptors (Lipinski definition) is 11. The Kier molecular flexibility index (Phi) is 7.59. The number of hydrogen-bond donors (Lipinski definition) is 8. The lowest BCUT2D eigenvalue weighted by Crippen LogP contribution is -2.62. The van der Waals surface area contributed by atoms with Crippen LogP contribution in [0.5, 0.6) is 0 Å². The van der Waals surface area contributed by atoms with E-state index in [2.05, 4.69) is 0 Å². The molecule has 0 unspecified atom stereocenters. The van der Waals surface area contributed by atoms with Gasteiger partial charge in [0.1, 0.15) is 42.7 Å². The minimum absolute atomic E-state index is 0.0762. The van der Waals surface area contributed by atoms with Gasteiger partial charge in [0.25, 0.3) is 0 Å². The summed E-state index contributed by atoms with van der Waals surface area (Å²) >= 11 is 0. The molecule has 0 bridgehead atoms. The Morgan fingerprint density at radius 1 is 1.12 bits per heavy atom. The van der Waals surface area contributed by atoms with E-state index in [1.807, 2.05) is 0 Å². The summed E-state index contributed by atoms with van der Waals surface area (Å²) in [4.78, 5) is 21.7. The second kappa shape index (κ2) is 8.75. The standard InChI is InChI=1S/C12H20O12/c13-1-3(15)5(17)9(4(16)2-14)23-12-8(20)6(18)7(19)10(24-12)11(21)22/h2-10,12-13,15-20H,1H2,(H,21,22)/t3-,4+,5+,6-,7-,8+,9-,10-,12-/m0/s1. The van der Waals surface area contributed by atoms with Gasteiger partial charge in [-0.05, 0) is 0 Å². The number of carbonyl (C=O) groups excluding carboxylic acids is 1. The van der Waals surface area contributed by atoms with Crippen LogP contribution in [0.3, 0.4) is 0 Å². The smallest absolute Gasteiger partial charge is 0.335 e. The monoisotopic (exact) mass is 356 g/mol. The molecule has 1 rings (SSSR count). The van der Waals surface area contributed by atoms with Gasteiger partial charge >= 0.3 is 5.97 Å². The third-order valence-corrected chi connectivity index (χ3v) is 3.50. The molecule has 0 saturated carbocycles. The molecule has 0 spiro atoms. The average molecular weight is 356 g/mol. The molecule has 0 aromatic heterocycles. The summed E-state index contributed by atoms with van der Waals surface area (Å²) in [7, 11) is 0. The van der Waals surface area contributed by atoms with Crippen LogP contribution in [0.1, 0.15) is 0 Å². The van der Waals surface area contributed by atoms with Gasteiger partial charge < -0.3 is 55.1 Å². The molecular weight excluding hydrogens is 336 g/mol. The first kappa shape index (κ1) is 20.8. The topological polar surface area (TPSA) is 214 Å². The molecule has 1 aliphatic rings. The summed E-state index contributed by atoms with van der Waals surface area (Å²) in [6, 6.07) is 0. The van der Waals surface area contributed by atoms with E-state index in [0.29, 0.717) is 0 Å². The molecule has 0 aliphatic carbocycles. The Hall–Kier alpha value is -1.22. The highest BCUT2D eigenvalue weighted by Crippen LogP contribution is 2.25. The number of rotatable bonds is 8. The van der Waals surface area contributed by atoms with E-state index in [-0.39, 0.29) is 6.29 Å². The van der Waals surface area contributed by atoms with Crippen molar-refractivity contribution in [1.82, 2.24) is 0 Å². The molecule has 24 heavy (non-hydrogen) atoms.